The molecule has 0 atom stereocenters. The summed E-state index contributed by atoms with van der Waals surface area (Å²) in [6, 6.07) is 7.94. The van der Waals surface area contributed by atoms with Gasteiger partial charge in [-0.3, -0.25) is 4.79 Å². The van der Waals surface area contributed by atoms with Gasteiger partial charge in [-0.2, -0.15) is 13.2 Å². The molecule has 0 radical (unpaired) electrons. The van der Waals surface area contributed by atoms with Gasteiger partial charge in [-0.1, -0.05) is 12.1 Å². The van der Waals surface area contributed by atoms with Crippen molar-refractivity contribution >= 4 is 23.6 Å². The highest BCUT2D eigenvalue weighted by Gasteiger charge is 2.24. The number of imidazole rings is 1. The third-order valence-corrected chi connectivity index (χ3v) is 1.46. The number of rotatable bonds is 0. The van der Waals surface area contributed by atoms with Crippen molar-refractivity contribution in [2.75, 3.05) is 0 Å². The molecule has 1 aromatic heterocycles. The van der Waals surface area contributed by atoms with Crippen LogP contribution in [0.2, 0.25) is 0 Å². The van der Waals surface area contributed by atoms with Crippen LogP contribution < -0.4 is 0 Å². The van der Waals surface area contributed by atoms with Crippen molar-refractivity contribution in [2.45, 2.75) is 13.1 Å². The Morgan fingerprint density at radius 1 is 1.22 bits per heavy atom. The van der Waals surface area contributed by atoms with Crippen molar-refractivity contribution in [3.8, 4) is 0 Å². The van der Waals surface area contributed by atoms with Gasteiger partial charge in [-0.25, -0.2) is 4.98 Å². The van der Waals surface area contributed by atoms with Crippen molar-refractivity contribution < 1.29 is 22.8 Å². The monoisotopic (exact) mass is 260 g/mol. The summed E-state index contributed by atoms with van der Waals surface area (Å²) in [5, 5.41) is 0. The van der Waals surface area contributed by atoms with Gasteiger partial charge in [0, 0.05) is 0 Å². The molecule has 0 saturated carbocycles. The average molecular weight is 260 g/mol. The number of benzene rings is 1. The lowest BCUT2D eigenvalue weighted by molar-refractivity contribution is -0.156. The molecule has 1 heterocycles. The molecule has 0 spiro atoms. The predicted molar refractivity (Wildman–Crippen MR) is 60.0 cm³/mol. The number of nitrogens with zero attached hydrogens (tertiary/aromatic N) is 1. The Bertz CT molecular complexity index is 450. The van der Waals surface area contributed by atoms with Gasteiger partial charge in [0.1, 0.15) is 6.29 Å². The van der Waals surface area contributed by atoms with Gasteiger partial charge in [0.15, 0.2) is 0 Å². The van der Waals surface area contributed by atoms with Gasteiger partial charge in [0.05, 0.1) is 17.4 Å². The van der Waals surface area contributed by atoms with Gasteiger partial charge < -0.3 is 9.78 Å². The van der Waals surface area contributed by atoms with Crippen LogP contribution in [-0.2, 0) is 9.59 Å². The molecule has 0 unspecified atom stereocenters. The zero-order valence-electron chi connectivity index (χ0n) is 9.44. The molecule has 2 aromatic rings. The molecule has 0 fully saturated rings. The Hall–Kier alpha value is -2.18. The second kappa shape index (κ2) is 7.99. The Balaban J connectivity index is 0.000000282. The first-order chi connectivity index (χ1) is 8.44. The summed E-state index contributed by atoms with van der Waals surface area (Å²) in [6.45, 7) is 1.44. The second-order valence-corrected chi connectivity index (χ2v) is 2.81. The standard InChI is InChI=1S/C7H6N2.C2HF3O.C2H4O/c1-2-4-7-6(3-1)8-5-9-7;3-2(4,5)1-6;1-2-3/h1-5H,(H,8,9);1H;2H,1H3. The maximum absolute atomic E-state index is 10.4. The Morgan fingerprint density at radius 3 is 2.17 bits per heavy atom. The summed E-state index contributed by atoms with van der Waals surface area (Å²) in [7, 11) is 0. The zero-order chi connectivity index (χ0) is 14.0. The normalized spacial score (nSPS) is 9.56. The molecule has 2 rings (SSSR count). The number of alkyl halides is 3. The quantitative estimate of drug-likeness (QED) is 0.740. The Kier molecular flexibility index (Phi) is 7.02. The molecule has 1 N–H and O–H groups in total. The Morgan fingerprint density at radius 2 is 1.72 bits per heavy atom. The number of carbonyl (C=O) groups excluding carboxylic acids is 2. The van der Waals surface area contributed by atoms with E-state index in [0.29, 0.717) is 0 Å². The van der Waals surface area contributed by atoms with E-state index in [4.69, 9.17) is 9.59 Å². The molecule has 1 aromatic carbocycles. The maximum atomic E-state index is 10.4. The summed E-state index contributed by atoms with van der Waals surface area (Å²) in [6.07, 6.45) is -3.25. The number of nitrogens with one attached hydrogen (secondary N) is 1. The van der Waals surface area contributed by atoms with Gasteiger partial charge in [-0.15, -0.1) is 0 Å². The SMILES string of the molecule is CC=O.O=CC(F)(F)F.c1ccc2[nH]cnc2c1. The summed E-state index contributed by atoms with van der Waals surface area (Å²) < 4.78 is 31.2. The van der Waals surface area contributed by atoms with Crippen molar-refractivity contribution in [3.63, 3.8) is 0 Å². The summed E-state index contributed by atoms with van der Waals surface area (Å²) in [4.78, 5) is 24.6. The van der Waals surface area contributed by atoms with Gasteiger partial charge in [0.25, 0.3) is 0 Å². The highest BCUT2D eigenvalue weighted by Crippen LogP contribution is 2.08. The fourth-order valence-corrected chi connectivity index (χ4v) is 0.880. The van der Waals surface area contributed by atoms with E-state index in [0.717, 1.165) is 17.3 Å². The number of H-pyrrole nitrogens is 1. The van der Waals surface area contributed by atoms with Crippen LogP contribution >= 0.6 is 0 Å². The lowest BCUT2D eigenvalue weighted by Gasteiger charge is -1.87. The summed E-state index contributed by atoms with van der Waals surface area (Å²) >= 11 is 0. The van der Waals surface area contributed by atoms with Crippen LogP contribution in [0.25, 0.3) is 11.0 Å². The van der Waals surface area contributed by atoms with Gasteiger partial charge in [0.2, 0.25) is 6.29 Å². The highest BCUT2D eigenvalue weighted by atomic mass is 19.4. The van der Waals surface area contributed by atoms with E-state index >= 15 is 0 Å². The minimum Gasteiger partial charge on any atom is -0.345 e. The number of aldehydes is 2. The van der Waals surface area contributed by atoms with E-state index < -0.39 is 12.5 Å². The molecule has 0 aliphatic heterocycles. The number of aromatic nitrogens is 2. The van der Waals surface area contributed by atoms with Crippen LogP contribution in [0.4, 0.5) is 13.2 Å². The number of hydrogen-bond donors (Lipinski definition) is 1. The molecule has 4 nitrogen and oxygen atoms in total. The Labute approximate surface area is 101 Å². The van der Waals surface area contributed by atoms with E-state index in [1.807, 2.05) is 24.3 Å². The molecule has 0 aliphatic rings. The minimum absolute atomic E-state index is 0.750. The third kappa shape index (κ3) is 7.15. The molecule has 0 saturated heterocycles. The summed E-state index contributed by atoms with van der Waals surface area (Å²) in [5.74, 6) is 0. The van der Waals surface area contributed by atoms with Crippen LogP contribution in [0.1, 0.15) is 6.92 Å². The lowest BCUT2D eigenvalue weighted by Crippen LogP contribution is -2.07. The average Bonchev–Trinajstić information content (AvgIpc) is 2.78. The van der Waals surface area contributed by atoms with E-state index in [-0.39, 0.29) is 0 Å². The third-order valence-electron chi connectivity index (χ3n) is 1.46. The van der Waals surface area contributed by atoms with Crippen molar-refractivity contribution in [1.82, 2.24) is 9.97 Å². The minimum atomic E-state index is -4.64. The molecule has 7 heteroatoms. The number of aromatic amines is 1. The van der Waals surface area contributed by atoms with Crippen LogP contribution in [-0.4, -0.2) is 28.7 Å². The fraction of sp³-hybridized carbons (Fsp3) is 0.182. The largest absolute Gasteiger partial charge is 0.446 e. The molecule has 0 bridgehead atoms. The van der Waals surface area contributed by atoms with Crippen LogP contribution in [0.3, 0.4) is 0 Å². The number of carbonyl (C=O) groups is 2. The van der Waals surface area contributed by atoms with Crippen molar-refractivity contribution in [2.24, 2.45) is 0 Å². The number of fused-ring (bicyclic) bond motifs is 1. The number of hydrogen-bond acceptors (Lipinski definition) is 3. The first-order valence-corrected chi connectivity index (χ1v) is 4.75. The molecule has 98 valence electrons. The van der Waals surface area contributed by atoms with E-state index in [9.17, 15) is 13.2 Å². The number of para-hydroxylation sites is 2. The first kappa shape index (κ1) is 15.8. The van der Waals surface area contributed by atoms with E-state index in [1.54, 1.807) is 6.33 Å². The fourth-order valence-electron chi connectivity index (χ4n) is 0.880. The van der Waals surface area contributed by atoms with Crippen LogP contribution in [0.15, 0.2) is 30.6 Å². The van der Waals surface area contributed by atoms with Gasteiger partial charge in [-0.05, 0) is 19.1 Å². The highest BCUT2D eigenvalue weighted by molar-refractivity contribution is 5.73. The van der Waals surface area contributed by atoms with Gasteiger partial charge >= 0.3 is 6.18 Å². The molecular formula is C11H11F3N2O2. The molecule has 0 aliphatic carbocycles. The zero-order valence-corrected chi connectivity index (χ0v) is 9.44. The predicted octanol–water partition coefficient (Wildman–Crippen LogP) is 2.52. The molecular weight excluding hydrogens is 249 g/mol. The van der Waals surface area contributed by atoms with E-state index in [1.165, 1.54) is 6.92 Å². The molecule has 0 amide bonds. The van der Waals surface area contributed by atoms with Crippen LogP contribution in [0.5, 0.6) is 0 Å². The smallest absolute Gasteiger partial charge is 0.345 e. The summed E-state index contributed by atoms with van der Waals surface area (Å²) in [5.41, 5.74) is 2.12. The topological polar surface area (TPSA) is 62.8 Å². The number of halogens is 3. The van der Waals surface area contributed by atoms with Crippen molar-refractivity contribution in [3.05, 3.63) is 30.6 Å². The van der Waals surface area contributed by atoms with Crippen molar-refractivity contribution in [1.29, 1.82) is 0 Å². The maximum Gasteiger partial charge on any atom is 0.446 e. The first-order valence-electron chi connectivity index (χ1n) is 4.75. The van der Waals surface area contributed by atoms with E-state index in [2.05, 4.69) is 9.97 Å². The molecule has 18 heavy (non-hydrogen) atoms. The van der Waals surface area contributed by atoms with Crippen LogP contribution in [0, 0.1) is 0 Å². The lowest BCUT2D eigenvalue weighted by atomic mass is 10.3. The second-order valence-electron chi connectivity index (χ2n) is 2.81.